The van der Waals surface area contributed by atoms with Crippen molar-refractivity contribution in [2.24, 2.45) is 0 Å². The zero-order chi connectivity index (χ0) is 17.3. The Balaban J connectivity index is 1.81. The first-order chi connectivity index (χ1) is 11.3. The average molecular weight is 352 g/mol. The van der Waals surface area contributed by atoms with E-state index in [-0.39, 0.29) is 18.0 Å². The lowest BCUT2D eigenvalue weighted by Crippen LogP contribution is -2.12. The maximum atomic E-state index is 13.1. The number of hydrogen-bond donors (Lipinski definition) is 0. The van der Waals surface area contributed by atoms with E-state index < -0.39 is 11.7 Å². The van der Waals surface area contributed by atoms with Gasteiger partial charge < -0.3 is 4.74 Å². The molecule has 24 heavy (non-hydrogen) atoms. The summed E-state index contributed by atoms with van der Waals surface area (Å²) in [5.74, 6) is 1.27. The zero-order valence-corrected chi connectivity index (χ0v) is 13.8. The molecule has 0 saturated heterocycles. The van der Waals surface area contributed by atoms with E-state index >= 15 is 0 Å². The van der Waals surface area contributed by atoms with E-state index in [1.54, 1.807) is 43.0 Å². The number of ketones is 1. The number of rotatable bonds is 3. The van der Waals surface area contributed by atoms with E-state index in [2.05, 4.69) is 0 Å². The molecule has 1 aliphatic rings. The van der Waals surface area contributed by atoms with E-state index in [9.17, 15) is 18.0 Å². The Labute approximate surface area is 142 Å². The molecule has 0 unspecified atom stereocenters. The molecule has 6 heteroatoms. The summed E-state index contributed by atoms with van der Waals surface area (Å²) in [4.78, 5) is 12.6. The number of fused-ring (bicyclic) bond motifs is 1. The molecule has 1 aliphatic heterocycles. The van der Waals surface area contributed by atoms with Gasteiger partial charge >= 0.3 is 6.18 Å². The van der Waals surface area contributed by atoms with Crippen molar-refractivity contribution < 1.29 is 22.7 Å². The highest BCUT2D eigenvalue weighted by molar-refractivity contribution is 7.99. The third kappa shape index (κ3) is 3.59. The Kier molecular flexibility index (Phi) is 4.58. The van der Waals surface area contributed by atoms with E-state index in [1.807, 2.05) is 0 Å². The van der Waals surface area contributed by atoms with Gasteiger partial charge in [0.15, 0.2) is 5.78 Å². The molecule has 2 nitrogen and oxygen atoms in total. The molecule has 0 N–H and O–H groups in total. The largest absolute Gasteiger partial charge is 0.489 e. The van der Waals surface area contributed by atoms with Crippen LogP contribution in [0.25, 0.3) is 0 Å². The number of carbonyl (C=O) groups excluding carboxylic acids is 1. The second kappa shape index (κ2) is 6.51. The minimum Gasteiger partial charge on any atom is -0.489 e. The normalized spacial score (nSPS) is 14.4. The van der Waals surface area contributed by atoms with Crippen molar-refractivity contribution in [3.8, 4) is 5.75 Å². The summed E-state index contributed by atoms with van der Waals surface area (Å²) in [7, 11) is 0. The molecule has 0 atom stereocenters. The van der Waals surface area contributed by atoms with Gasteiger partial charge in [-0.1, -0.05) is 17.7 Å². The summed E-state index contributed by atoms with van der Waals surface area (Å²) in [6.45, 7) is 1.45. The first kappa shape index (κ1) is 16.9. The number of alkyl halides is 3. The number of Topliss-reactive ketones (excluding diaryl/α,β-unsaturated/α-hetero) is 1. The molecule has 2 aromatic carbocycles. The lowest BCUT2D eigenvalue weighted by molar-refractivity contribution is -0.138. The molecule has 0 amide bonds. The fourth-order valence-electron chi connectivity index (χ4n) is 2.57. The number of benzene rings is 2. The number of ether oxygens (including phenoxy) is 1. The van der Waals surface area contributed by atoms with Crippen molar-refractivity contribution in [1.29, 1.82) is 0 Å². The average Bonchev–Trinajstić information content (AvgIpc) is 2.53. The van der Waals surface area contributed by atoms with Crippen LogP contribution in [-0.4, -0.2) is 11.5 Å². The van der Waals surface area contributed by atoms with Crippen molar-refractivity contribution in [2.75, 3.05) is 5.75 Å². The van der Waals surface area contributed by atoms with Crippen LogP contribution in [0.5, 0.6) is 5.75 Å². The molecule has 3 rings (SSSR count). The van der Waals surface area contributed by atoms with Crippen LogP contribution in [0.3, 0.4) is 0 Å². The van der Waals surface area contributed by atoms with Gasteiger partial charge in [-0.2, -0.15) is 13.2 Å². The molecule has 0 saturated carbocycles. The summed E-state index contributed by atoms with van der Waals surface area (Å²) >= 11 is 1.56. The van der Waals surface area contributed by atoms with Gasteiger partial charge in [0, 0.05) is 28.2 Å². The van der Waals surface area contributed by atoms with Crippen LogP contribution < -0.4 is 4.74 Å². The molecule has 1 heterocycles. The molecular formula is C18H15F3O2S. The quantitative estimate of drug-likeness (QED) is 0.753. The molecular weight excluding hydrogens is 337 g/mol. The number of hydrogen-bond acceptors (Lipinski definition) is 3. The first-order valence-electron chi connectivity index (χ1n) is 7.44. The minimum atomic E-state index is -4.41. The lowest BCUT2D eigenvalue weighted by atomic mass is 10.0. The summed E-state index contributed by atoms with van der Waals surface area (Å²) < 4.78 is 44.9. The summed E-state index contributed by atoms with van der Waals surface area (Å²) in [5.41, 5.74) is 0.624. The Morgan fingerprint density at radius 1 is 1.17 bits per heavy atom. The minimum absolute atomic E-state index is 0.0909. The van der Waals surface area contributed by atoms with E-state index in [1.165, 1.54) is 6.07 Å². The molecule has 0 spiro atoms. The van der Waals surface area contributed by atoms with Crippen LogP contribution >= 0.6 is 11.8 Å². The predicted molar refractivity (Wildman–Crippen MR) is 86.6 cm³/mol. The van der Waals surface area contributed by atoms with Crippen LogP contribution in [0, 0.1) is 6.92 Å². The maximum absolute atomic E-state index is 13.1. The topological polar surface area (TPSA) is 26.3 Å². The Hall–Kier alpha value is -1.95. The van der Waals surface area contributed by atoms with Gasteiger partial charge in [0.05, 0.1) is 5.56 Å². The molecule has 126 valence electrons. The monoisotopic (exact) mass is 352 g/mol. The molecule has 0 bridgehead atoms. The van der Waals surface area contributed by atoms with Gasteiger partial charge in [-0.05, 0) is 31.2 Å². The van der Waals surface area contributed by atoms with Crippen molar-refractivity contribution in [2.45, 2.75) is 31.0 Å². The number of halogens is 3. The number of thioether (sulfide) groups is 1. The standard InChI is InChI=1S/C18H15F3O2S/c1-11-2-3-12(15(8-11)18(19,20)21)10-23-13-4-5-14-16(22)6-7-24-17(14)9-13/h2-5,8-9H,6-7,10H2,1H3. The summed E-state index contributed by atoms with van der Waals surface area (Å²) in [6, 6.07) is 9.23. The Morgan fingerprint density at radius 3 is 2.71 bits per heavy atom. The van der Waals surface area contributed by atoms with Gasteiger partial charge in [-0.15, -0.1) is 11.8 Å². The van der Waals surface area contributed by atoms with Crippen molar-refractivity contribution in [3.63, 3.8) is 0 Å². The smallest absolute Gasteiger partial charge is 0.416 e. The highest BCUT2D eigenvalue weighted by Gasteiger charge is 2.33. The van der Waals surface area contributed by atoms with Crippen molar-refractivity contribution >= 4 is 17.5 Å². The van der Waals surface area contributed by atoms with Gasteiger partial charge in [0.2, 0.25) is 0 Å². The van der Waals surface area contributed by atoms with E-state index in [0.29, 0.717) is 29.1 Å². The molecule has 0 aliphatic carbocycles. The van der Waals surface area contributed by atoms with Crippen LogP contribution in [0.15, 0.2) is 41.3 Å². The second-order valence-electron chi connectivity index (χ2n) is 5.63. The molecule has 2 aromatic rings. The van der Waals surface area contributed by atoms with Gasteiger partial charge in [-0.3, -0.25) is 4.79 Å². The van der Waals surface area contributed by atoms with Gasteiger partial charge in [-0.25, -0.2) is 0 Å². The third-order valence-electron chi connectivity index (χ3n) is 3.81. The zero-order valence-electron chi connectivity index (χ0n) is 12.9. The number of aryl methyl sites for hydroxylation is 1. The SMILES string of the molecule is Cc1ccc(COc2ccc3c(c2)SCCC3=O)c(C(F)(F)F)c1. The summed E-state index contributed by atoms with van der Waals surface area (Å²) in [6.07, 6.45) is -3.90. The van der Waals surface area contributed by atoms with Crippen molar-refractivity contribution in [3.05, 3.63) is 58.7 Å². The number of carbonyl (C=O) groups is 1. The Morgan fingerprint density at radius 2 is 1.96 bits per heavy atom. The van der Waals surface area contributed by atoms with Crippen LogP contribution in [0.4, 0.5) is 13.2 Å². The van der Waals surface area contributed by atoms with E-state index in [4.69, 9.17) is 4.74 Å². The third-order valence-corrected chi connectivity index (χ3v) is 4.86. The van der Waals surface area contributed by atoms with Crippen LogP contribution in [-0.2, 0) is 12.8 Å². The Bertz CT molecular complexity index is 784. The predicted octanol–water partition coefficient (Wildman–Crippen LogP) is 5.27. The molecule has 0 fully saturated rings. The maximum Gasteiger partial charge on any atom is 0.416 e. The molecule has 0 aromatic heterocycles. The van der Waals surface area contributed by atoms with Crippen molar-refractivity contribution in [1.82, 2.24) is 0 Å². The fraction of sp³-hybridized carbons (Fsp3) is 0.278. The fourth-order valence-corrected chi connectivity index (χ4v) is 3.62. The summed E-state index contributed by atoms with van der Waals surface area (Å²) in [5, 5.41) is 0. The van der Waals surface area contributed by atoms with E-state index in [0.717, 1.165) is 11.0 Å². The van der Waals surface area contributed by atoms with Gasteiger partial charge in [0.25, 0.3) is 0 Å². The molecule has 0 radical (unpaired) electrons. The van der Waals surface area contributed by atoms with Gasteiger partial charge in [0.1, 0.15) is 12.4 Å². The lowest BCUT2D eigenvalue weighted by Gasteiger charge is -2.17. The second-order valence-corrected chi connectivity index (χ2v) is 6.76. The first-order valence-corrected chi connectivity index (χ1v) is 8.43. The van der Waals surface area contributed by atoms with Crippen LogP contribution in [0.1, 0.15) is 33.5 Å². The van der Waals surface area contributed by atoms with Crippen LogP contribution in [0.2, 0.25) is 0 Å². The highest BCUT2D eigenvalue weighted by Crippen LogP contribution is 2.35. The highest BCUT2D eigenvalue weighted by atomic mass is 32.2.